The molecular weight excluding hydrogens is 212 g/mol. The summed E-state index contributed by atoms with van der Waals surface area (Å²) in [5.74, 6) is -0.441. The van der Waals surface area contributed by atoms with Crippen molar-refractivity contribution in [2.45, 2.75) is 0 Å². The van der Waals surface area contributed by atoms with Gasteiger partial charge in [-0.25, -0.2) is 0 Å². The number of hydrogen-bond donors (Lipinski definition) is 1. The van der Waals surface area contributed by atoms with Crippen molar-refractivity contribution in [3.8, 4) is 11.1 Å². The van der Waals surface area contributed by atoms with Gasteiger partial charge in [-0.2, -0.15) is 0 Å². The van der Waals surface area contributed by atoms with Crippen LogP contribution >= 0.6 is 0 Å². The van der Waals surface area contributed by atoms with Gasteiger partial charge in [-0.1, -0.05) is 24.3 Å². The van der Waals surface area contributed by atoms with Gasteiger partial charge in [0.2, 0.25) is 5.91 Å². The van der Waals surface area contributed by atoms with Crippen molar-refractivity contribution in [2.75, 3.05) is 0 Å². The number of primary amides is 1. The third-order valence-corrected chi connectivity index (χ3v) is 2.36. The highest BCUT2D eigenvalue weighted by atomic mass is 16.1. The lowest BCUT2D eigenvalue weighted by molar-refractivity contribution is -0.113. The standard InChI is InChI=1S/C14H12N2O/c15-14(17)6-3-11-1-4-12(5-2-11)13-7-9-16-10-8-13/h1-10H,(H2,15,17). The molecule has 1 amide bonds. The average molecular weight is 224 g/mol. The molecule has 0 aliphatic heterocycles. The smallest absolute Gasteiger partial charge is 0.241 e. The van der Waals surface area contributed by atoms with Gasteiger partial charge in [-0.3, -0.25) is 9.78 Å². The zero-order chi connectivity index (χ0) is 12.1. The second-order valence-electron chi connectivity index (χ2n) is 3.59. The molecule has 0 saturated carbocycles. The van der Waals surface area contributed by atoms with Crippen LogP contribution in [-0.2, 0) is 4.79 Å². The number of carbonyl (C=O) groups is 1. The second kappa shape index (κ2) is 5.07. The van der Waals surface area contributed by atoms with Crippen molar-refractivity contribution >= 4 is 12.0 Å². The molecule has 0 spiro atoms. The summed E-state index contributed by atoms with van der Waals surface area (Å²) in [4.78, 5) is 14.6. The fraction of sp³-hybridized carbons (Fsp3) is 0. The SMILES string of the molecule is NC(=O)C=Cc1ccc(-c2ccncc2)cc1. The molecule has 2 N–H and O–H groups in total. The van der Waals surface area contributed by atoms with Crippen LogP contribution in [0.5, 0.6) is 0 Å². The van der Waals surface area contributed by atoms with Crippen LogP contribution in [0.1, 0.15) is 5.56 Å². The molecule has 0 fully saturated rings. The Kier molecular flexibility index (Phi) is 3.31. The van der Waals surface area contributed by atoms with Crippen molar-refractivity contribution < 1.29 is 4.79 Å². The fourth-order valence-corrected chi connectivity index (χ4v) is 1.51. The van der Waals surface area contributed by atoms with Gasteiger partial charge in [0.15, 0.2) is 0 Å². The van der Waals surface area contributed by atoms with Gasteiger partial charge in [0.25, 0.3) is 0 Å². The van der Waals surface area contributed by atoms with Crippen molar-refractivity contribution in [1.82, 2.24) is 4.98 Å². The number of aromatic nitrogens is 1. The Morgan fingerprint density at radius 3 is 2.18 bits per heavy atom. The molecule has 0 aliphatic carbocycles. The summed E-state index contributed by atoms with van der Waals surface area (Å²) in [6.45, 7) is 0. The lowest BCUT2D eigenvalue weighted by atomic mass is 10.1. The first-order valence-corrected chi connectivity index (χ1v) is 5.24. The molecule has 0 bridgehead atoms. The Hall–Kier alpha value is -2.42. The first-order chi connectivity index (χ1) is 8.25. The maximum atomic E-state index is 10.6. The van der Waals surface area contributed by atoms with Gasteiger partial charge in [-0.15, -0.1) is 0 Å². The molecule has 0 atom stereocenters. The number of hydrogen-bond acceptors (Lipinski definition) is 2. The van der Waals surface area contributed by atoms with Gasteiger partial charge in [0.1, 0.15) is 0 Å². The second-order valence-corrected chi connectivity index (χ2v) is 3.59. The molecule has 2 aromatic rings. The third kappa shape index (κ3) is 3.01. The monoisotopic (exact) mass is 224 g/mol. The summed E-state index contributed by atoms with van der Waals surface area (Å²) in [7, 11) is 0. The van der Waals surface area contributed by atoms with E-state index in [1.807, 2.05) is 36.4 Å². The first kappa shape index (κ1) is 11.1. The first-order valence-electron chi connectivity index (χ1n) is 5.24. The van der Waals surface area contributed by atoms with Crippen LogP contribution in [0, 0.1) is 0 Å². The summed E-state index contributed by atoms with van der Waals surface area (Å²) in [6, 6.07) is 11.8. The molecule has 0 unspecified atom stereocenters. The molecule has 3 heteroatoms. The van der Waals surface area contributed by atoms with E-state index in [9.17, 15) is 4.79 Å². The number of rotatable bonds is 3. The number of carbonyl (C=O) groups excluding carboxylic acids is 1. The minimum Gasteiger partial charge on any atom is -0.366 e. The Labute approximate surface area is 99.6 Å². The molecule has 1 aromatic carbocycles. The van der Waals surface area contributed by atoms with Crippen LogP contribution in [0.15, 0.2) is 54.9 Å². The van der Waals surface area contributed by atoms with E-state index in [2.05, 4.69) is 4.98 Å². The molecule has 0 radical (unpaired) electrons. The minimum atomic E-state index is -0.441. The van der Waals surface area contributed by atoms with Crippen LogP contribution in [-0.4, -0.2) is 10.9 Å². The van der Waals surface area contributed by atoms with Gasteiger partial charge < -0.3 is 5.73 Å². The Morgan fingerprint density at radius 2 is 1.59 bits per heavy atom. The van der Waals surface area contributed by atoms with E-state index in [0.29, 0.717) is 0 Å². The van der Waals surface area contributed by atoms with E-state index < -0.39 is 5.91 Å². The molecule has 1 aromatic heterocycles. The van der Waals surface area contributed by atoms with E-state index in [-0.39, 0.29) is 0 Å². The topological polar surface area (TPSA) is 56.0 Å². The number of nitrogens with two attached hydrogens (primary N) is 1. The van der Waals surface area contributed by atoms with Crippen molar-refractivity contribution in [3.63, 3.8) is 0 Å². The number of amides is 1. The maximum Gasteiger partial charge on any atom is 0.241 e. The average Bonchev–Trinajstić information content (AvgIpc) is 2.38. The van der Waals surface area contributed by atoms with Crippen LogP contribution < -0.4 is 5.73 Å². The van der Waals surface area contributed by atoms with Crippen LogP contribution in [0.4, 0.5) is 0 Å². The minimum absolute atomic E-state index is 0.441. The molecule has 0 aliphatic rings. The number of nitrogens with zero attached hydrogens (tertiary/aromatic N) is 1. The third-order valence-electron chi connectivity index (χ3n) is 2.36. The zero-order valence-electron chi connectivity index (χ0n) is 9.21. The Balaban J connectivity index is 2.22. The molecule has 2 rings (SSSR count). The van der Waals surface area contributed by atoms with Crippen molar-refractivity contribution in [2.24, 2.45) is 5.73 Å². The lowest BCUT2D eigenvalue weighted by Crippen LogP contribution is -2.04. The highest BCUT2D eigenvalue weighted by Crippen LogP contribution is 2.18. The quantitative estimate of drug-likeness (QED) is 0.813. The number of pyridine rings is 1. The molecule has 84 valence electrons. The van der Waals surface area contributed by atoms with Crippen LogP contribution in [0.2, 0.25) is 0 Å². The summed E-state index contributed by atoms with van der Waals surface area (Å²) in [6.07, 6.45) is 6.56. The maximum absolute atomic E-state index is 10.6. The Morgan fingerprint density at radius 1 is 1.00 bits per heavy atom. The molecule has 3 nitrogen and oxygen atoms in total. The van der Waals surface area contributed by atoms with Gasteiger partial charge >= 0.3 is 0 Å². The summed E-state index contributed by atoms with van der Waals surface area (Å²) < 4.78 is 0. The summed E-state index contributed by atoms with van der Waals surface area (Å²) in [5, 5.41) is 0. The summed E-state index contributed by atoms with van der Waals surface area (Å²) >= 11 is 0. The lowest BCUT2D eigenvalue weighted by Gasteiger charge is -2.01. The predicted molar refractivity (Wildman–Crippen MR) is 67.9 cm³/mol. The van der Waals surface area contributed by atoms with Crippen LogP contribution in [0.25, 0.3) is 17.2 Å². The van der Waals surface area contributed by atoms with Gasteiger partial charge in [-0.05, 0) is 34.9 Å². The molecule has 0 saturated heterocycles. The van der Waals surface area contributed by atoms with Gasteiger partial charge in [0, 0.05) is 18.5 Å². The van der Waals surface area contributed by atoms with E-state index >= 15 is 0 Å². The summed E-state index contributed by atoms with van der Waals surface area (Å²) in [5.41, 5.74) is 8.21. The molecular formula is C14H12N2O. The highest BCUT2D eigenvalue weighted by molar-refractivity contribution is 5.90. The largest absolute Gasteiger partial charge is 0.366 e. The zero-order valence-corrected chi connectivity index (χ0v) is 9.21. The highest BCUT2D eigenvalue weighted by Gasteiger charge is 1.96. The van der Waals surface area contributed by atoms with E-state index in [1.54, 1.807) is 18.5 Å². The van der Waals surface area contributed by atoms with E-state index in [0.717, 1.165) is 16.7 Å². The van der Waals surface area contributed by atoms with Crippen LogP contribution in [0.3, 0.4) is 0 Å². The molecule has 17 heavy (non-hydrogen) atoms. The van der Waals surface area contributed by atoms with E-state index in [1.165, 1.54) is 6.08 Å². The number of benzene rings is 1. The Bertz CT molecular complexity index is 530. The fourth-order valence-electron chi connectivity index (χ4n) is 1.51. The van der Waals surface area contributed by atoms with E-state index in [4.69, 9.17) is 5.73 Å². The van der Waals surface area contributed by atoms with Gasteiger partial charge in [0.05, 0.1) is 0 Å². The van der Waals surface area contributed by atoms with Crippen molar-refractivity contribution in [3.05, 3.63) is 60.4 Å². The predicted octanol–water partition coefficient (Wildman–Crippen LogP) is 2.25. The van der Waals surface area contributed by atoms with Crippen molar-refractivity contribution in [1.29, 1.82) is 0 Å². The molecule has 1 heterocycles. The normalized spacial score (nSPS) is 10.6.